The molecule has 2 rings (SSSR count). The monoisotopic (exact) mass is 223 g/mol. The number of nitrogens with one attached hydrogen (secondary N) is 1. The van der Waals surface area contributed by atoms with Crippen LogP contribution in [0.1, 0.15) is 19.4 Å². The van der Waals surface area contributed by atoms with E-state index < -0.39 is 0 Å². The molecule has 2 aromatic rings. The molecule has 0 aliphatic rings. The van der Waals surface area contributed by atoms with E-state index in [4.69, 9.17) is 11.6 Å². The van der Waals surface area contributed by atoms with E-state index in [1.54, 1.807) is 6.20 Å². The van der Waals surface area contributed by atoms with Crippen molar-refractivity contribution in [2.75, 3.05) is 6.61 Å². The average molecular weight is 224 g/mol. The number of fused-ring (bicyclic) bond motifs is 1. The van der Waals surface area contributed by atoms with Gasteiger partial charge in [0.05, 0.1) is 11.6 Å². The molecule has 0 atom stereocenters. The summed E-state index contributed by atoms with van der Waals surface area (Å²) in [6, 6.07) is 5.97. The minimum atomic E-state index is -0.272. The molecule has 1 aromatic carbocycles. The molecule has 0 amide bonds. The van der Waals surface area contributed by atoms with Gasteiger partial charge in [-0.15, -0.1) is 0 Å². The topological polar surface area (TPSA) is 36.0 Å². The first-order valence-corrected chi connectivity index (χ1v) is 5.31. The molecule has 0 aliphatic carbocycles. The zero-order chi connectivity index (χ0) is 11.1. The van der Waals surface area contributed by atoms with Gasteiger partial charge < -0.3 is 10.1 Å². The Morgan fingerprint density at radius 2 is 2.13 bits per heavy atom. The van der Waals surface area contributed by atoms with Crippen LogP contribution in [0.15, 0.2) is 24.4 Å². The lowest BCUT2D eigenvalue weighted by Gasteiger charge is -2.23. The maximum Gasteiger partial charge on any atom is 0.0662 e. The molecule has 2 N–H and O–H groups in total. The van der Waals surface area contributed by atoms with E-state index >= 15 is 0 Å². The zero-order valence-electron chi connectivity index (χ0n) is 8.84. The molecular formula is C12H14ClNO. The summed E-state index contributed by atoms with van der Waals surface area (Å²) in [7, 11) is 0. The summed E-state index contributed by atoms with van der Waals surface area (Å²) >= 11 is 6.13. The maximum atomic E-state index is 9.38. The standard InChI is InChI=1S/C12H14ClNO/c1-12(2,7-15)8-4-3-5-10-11(8)9(13)6-14-10/h3-6,14-15H,7H2,1-2H3. The summed E-state index contributed by atoms with van der Waals surface area (Å²) in [6.07, 6.45) is 1.78. The smallest absolute Gasteiger partial charge is 0.0662 e. The number of aromatic amines is 1. The van der Waals surface area contributed by atoms with Crippen molar-refractivity contribution in [1.82, 2.24) is 4.98 Å². The van der Waals surface area contributed by atoms with Crippen molar-refractivity contribution in [3.8, 4) is 0 Å². The molecule has 0 saturated heterocycles. The second-order valence-electron chi connectivity index (χ2n) is 4.41. The number of hydrogen-bond donors (Lipinski definition) is 2. The van der Waals surface area contributed by atoms with Crippen LogP contribution in [0.3, 0.4) is 0 Å². The van der Waals surface area contributed by atoms with Crippen molar-refractivity contribution in [2.24, 2.45) is 0 Å². The number of benzene rings is 1. The van der Waals surface area contributed by atoms with Gasteiger partial charge in [-0.1, -0.05) is 37.6 Å². The molecular weight excluding hydrogens is 210 g/mol. The molecule has 0 radical (unpaired) electrons. The SMILES string of the molecule is CC(C)(CO)c1cccc2[nH]cc(Cl)c12. The Morgan fingerprint density at radius 1 is 1.40 bits per heavy atom. The lowest BCUT2D eigenvalue weighted by Crippen LogP contribution is -2.22. The lowest BCUT2D eigenvalue weighted by atomic mass is 9.83. The Kier molecular flexibility index (Phi) is 2.49. The van der Waals surface area contributed by atoms with Gasteiger partial charge in [0.15, 0.2) is 0 Å². The Morgan fingerprint density at radius 3 is 2.80 bits per heavy atom. The van der Waals surface area contributed by atoms with Gasteiger partial charge in [0.1, 0.15) is 0 Å². The fraction of sp³-hybridized carbons (Fsp3) is 0.333. The van der Waals surface area contributed by atoms with Gasteiger partial charge in [-0.05, 0) is 11.6 Å². The summed E-state index contributed by atoms with van der Waals surface area (Å²) in [4.78, 5) is 3.11. The fourth-order valence-electron chi connectivity index (χ4n) is 1.79. The summed E-state index contributed by atoms with van der Waals surface area (Å²) in [5.41, 5.74) is 1.82. The number of aliphatic hydroxyl groups is 1. The van der Waals surface area contributed by atoms with Crippen LogP contribution in [0, 0.1) is 0 Å². The molecule has 0 aliphatic heterocycles. The Bertz CT molecular complexity index is 487. The van der Waals surface area contributed by atoms with Gasteiger partial charge in [-0.3, -0.25) is 0 Å². The molecule has 2 nitrogen and oxygen atoms in total. The highest BCUT2D eigenvalue weighted by Crippen LogP contribution is 2.34. The third kappa shape index (κ3) is 1.64. The molecule has 3 heteroatoms. The first kappa shape index (κ1) is 10.5. The van der Waals surface area contributed by atoms with Crippen molar-refractivity contribution >= 4 is 22.5 Å². The molecule has 0 bridgehead atoms. The van der Waals surface area contributed by atoms with E-state index in [1.807, 2.05) is 32.0 Å². The van der Waals surface area contributed by atoms with Crippen LogP contribution in [0.25, 0.3) is 10.9 Å². The van der Waals surface area contributed by atoms with Crippen molar-refractivity contribution < 1.29 is 5.11 Å². The number of aromatic nitrogens is 1. The van der Waals surface area contributed by atoms with Crippen LogP contribution in [0.2, 0.25) is 5.02 Å². The van der Waals surface area contributed by atoms with E-state index in [1.165, 1.54) is 0 Å². The van der Waals surface area contributed by atoms with Crippen LogP contribution in [0.5, 0.6) is 0 Å². The van der Waals surface area contributed by atoms with Gasteiger partial charge in [0, 0.05) is 22.5 Å². The first-order valence-electron chi connectivity index (χ1n) is 4.93. The number of H-pyrrole nitrogens is 1. The highest BCUT2D eigenvalue weighted by atomic mass is 35.5. The van der Waals surface area contributed by atoms with Crippen LogP contribution < -0.4 is 0 Å². The second-order valence-corrected chi connectivity index (χ2v) is 4.81. The van der Waals surface area contributed by atoms with Crippen molar-refractivity contribution in [3.05, 3.63) is 35.0 Å². The summed E-state index contributed by atoms with van der Waals surface area (Å²) in [5, 5.41) is 11.1. The molecule has 80 valence electrons. The van der Waals surface area contributed by atoms with Crippen LogP contribution in [-0.2, 0) is 5.41 Å². The quantitative estimate of drug-likeness (QED) is 0.807. The number of hydrogen-bond acceptors (Lipinski definition) is 1. The maximum absolute atomic E-state index is 9.38. The van der Waals surface area contributed by atoms with Gasteiger partial charge in [0.25, 0.3) is 0 Å². The van der Waals surface area contributed by atoms with E-state index in [9.17, 15) is 5.11 Å². The van der Waals surface area contributed by atoms with Crippen LogP contribution in [-0.4, -0.2) is 16.7 Å². The number of aliphatic hydroxyl groups excluding tert-OH is 1. The van der Waals surface area contributed by atoms with E-state index in [2.05, 4.69) is 4.98 Å². The Labute approximate surface area is 93.9 Å². The molecule has 0 fully saturated rings. The van der Waals surface area contributed by atoms with Crippen molar-refractivity contribution in [2.45, 2.75) is 19.3 Å². The third-order valence-corrected chi connectivity index (χ3v) is 3.08. The van der Waals surface area contributed by atoms with Crippen LogP contribution in [0.4, 0.5) is 0 Å². The van der Waals surface area contributed by atoms with E-state index in [0.29, 0.717) is 5.02 Å². The van der Waals surface area contributed by atoms with Crippen LogP contribution >= 0.6 is 11.6 Å². The Balaban J connectivity index is 2.75. The minimum absolute atomic E-state index is 0.105. The molecule has 0 unspecified atom stereocenters. The predicted octanol–water partition coefficient (Wildman–Crippen LogP) is 3.09. The Hall–Kier alpha value is -0.990. The number of halogens is 1. The summed E-state index contributed by atoms with van der Waals surface area (Å²) in [6.45, 7) is 4.11. The molecule has 0 spiro atoms. The first-order chi connectivity index (χ1) is 7.06. The number of rotatable bonds is 2. The van der Waals surface area contributed by atoms with E-state index in [-0.39, 0.29) is 12.0 Å². The van der Waals surface area contributed by atoms with Gasteiger partial charge in [0.2, 0.25) is 0 Å². The summed E-state index contributed by atoms with van der Waals surface area (Å²) < 4.78 is 0. The molecule has 1 aromatic heterocycles. The highest BCUT2D eigenvalue weighted by molar-refractivity contribution is 6.35. The van der Waals surface area contributed by atoms with Crippen molar-refractivity contribution in [1.29, 1.82) is 0 Å². The zero-order valence-corrected chi connectivity index (χ0v) is 9.60. The van der Waals surface area contributed by atoms with Gasteiger partial charge in [-0.2, -0.15) is 0 Å². The molecule has 1 heterocycles. The third-order valence-electron chi connectivity index (χ3n) is 2.78. The largest absolute Gasteiger partial charge is 0.395 e. The van der Waals surface area contributed by atoms with Crippen molar-refractivity contribution in [3.63, 3.8) is 0 Å². The van der Waals surface area contributed by atoms with E-state index in [0.717, 1.165) is 16.5 Å². The lowest BCUT2D eigenvalue weighted by molar-refractivity contribution is 0.219. The second kappa shape index (κ2) is 3.54. The molecule has 15 heavy (non-hydrogen) atoms. The normalized spacial score (nSPS) is 12.3. The molecule has 0 saturated carbocycles. The fourth-order valence-corrected chi connectivity index (χ4v) is 2.05. The minimum Gasteiger partial charge on any atom is -0.395 e. The highest BCUT2D eigenvalue weighted by Gasteiger charge is 2.23. The summed E-state index contributed by atoms with van der Waals surface area (Å²) in [5.74, 6) is 0. The average Bonchev–Trinajstić information content (AvgIpc) is 2.60. The predicted molar refractivity (Wildman–Crippen MR) is 63.4 cm³/mol. The van der Waals surface area contributed by atoms with Gasteiger partial charge >= 0.3 is 0 Å². The van der Waals surface area contributed by atoms with Gasteiger partial charge in [-0.25, -0.2) is 0 Å².